The van der Waals surface area contributed by atoms with E-state index in [9.17, 15) is 20.3 Å². The van der Waals surface area contributed by atoms with Gasteiger partial charge in [0.1, 0.15) is 0 Å². The number of aromatic nitrogens is 1. The smallest absolute Gasteiger partial charge is 0.269 e. The molecule has 0 saturated heterocycles. The summed E-state index contributed by atoms with van der Waals surface area (Å²) in [5.74, 6) is 0. The Morgan fingerprint density at radius 3 is 2.72 bits per heavy atom. The molecule has 3 aromatic rings. The molecule has 7 nitrogen and oxygen atoms in total. The van der Waals surface area contributed by atoms with E-state index in [1.807, 2.05) is 0 Å². The molecule has 0 bridgehead atoms. The van der Waals surface area contributed by atoms with Crippen molar-refractivity contribution in [3.63, 3.8) is 0 Å². The lowest BCUT2D eigenvalue weighted by molar-refractivity contribution is -0.384. The average molecular weight is 395 g/mol. The first-order valence-electron chi connectivity index (χ1n) is 9.88. The van der Waals surface area contributed by atoms with Gasteiger partial charge in [-0.25, -0.2) is 0 Å². The van der Waals surface area contributed by atoms with Gasteiger partial charge in [0.15, 0.2) is 0 Å². The number of aliphatic hydroxyl groups is 2. The van der Waals surface area contributed by atoms with Gasteiger partial charge >= 0.3 is 0 Å². The Labute approximate surface area is 168 Å². The van der Waals surface area contributed by atoms with Crippen LogP contribution >= 0.6 is 0 Å². The highest BCUT2D eigenvalue weighted by Crippen LogP contribution is 2.36. The minimum Gasteiger partial charge on any atom is -0.395 e. The largest absolute Gasteiger partial charge is 0.395 e. The normalized spacial score (nSPS) is 18.4. The van der Waals surface area contributed by atoms with Crippen LogP contribution in [-0.2, 0) is 6.42 Å². The molecule has 0 unspecified atom stereocenters. The van der Waals surface area contributed by atoms with E-state index in [4.69, 9.17) is 0 Å². The standard InChI is InChI=1S/C22H25N3O4/c1-13-5-10-18-17(11-13)16-3-2-4-19(21(16)24-18)23-20(12-26)22(27)14-6-8-15(9-7-14)25(28)29/h5-11,19-20,22-24,26-27H,2-4,12H2,1H3/t19-,20+,22+/m0/s1. The van der Waals surface area contributed by atoms with Crippen molar-refractivity contribution in [3.05, 3.63) is 75.0 Å². The molecule has 2 aromatic carbocycles. The molecule has 3 atom stereocenters. The average Bonchev–Trinajstić information content (AvgIpc) is 3.10. The lowest BCUT2D eigenvalue weighted by Crippen LogP contribution is -2.41. The van der Waals surface area contributed by atoms with Crippen LogP contribution in [0.1, 0.15) is 47.4 Å². The van der Waals surface area contributed by atoms with Crippen molar-refractivity contribution in [3.8, 4) is 0 Å². The molecule has 0 radical (unpaired) electrons. The zero-order valence-corrected chi connectivity index (χ0v) is 16.3. The van der Waals surface area contributed by atoms with Crippen LogP contribution in [0, 0.1) is 17.0 Å². The summed E-state index contributed by atoms with van der Waals surface area (Å²) < 4.78 is 0. The predicted octanol–water partition coefficient (Wildman–Crippen LogP) is 3.45. The lowest BCUT2D eigenvalue weighted by Gasteiger charge is -2.30. The van der Waals surface area contributed by atoms with Gasteiger partial charge in [-0.2, -0.15) is 0 Å². The Bertz CT molecular complexity index is 1030. The van der Waals surface area contributed by atoms with Crippen molar-refractivity contribution < 1.29 is 15.1 Å². The van der Waals surface area contributed by atoms with Gasteiger partial charge in [-0.15, -0.1) is 0 Å². The Morgan fingerprint density at radius 1 is 1.28 bits per heavy atom. The second kappa shape index (κ2) is 7.94. The SMILES string of the molecule is Cc1ccc2[nH]c3c(c2c1)CCC[C@@H]3N[C@H](CO)[C@H](O)c1ccc([N+](=O)[O-])cc1. The van der Waals surface area contributed by atoms with Gasteiger partial charge in [0.05, 0.1) is 23.7 Å². The van der Waals surface area contributed by atoms with E-state index in [-0.39, 0.29) is 18.3 Å². The van der Waals surface area contributed by atoms with Crippen LogP contribution < -0.4 is 5.32 Å². The van der Waals surface area contributed by atoms with Crippen LogP contribution in [0.5, 0.6) is 0 Å². The van der Waals surface area contributed by atoms with Crippen LogP contribution in [0.4, 0.5) is 5.69 Å². The molecule has 0 saturated carbocycles. The molecule has 0 amide bonds. The quantitative estimate of drug-likeness (QED) is 0.377. The van der Waals surface area contributed by atoms with Crippen molar-refractivity contribution >= 4 is 16.6 Å². The van der Waals surface area contributed by atoms with Crippen molar-refractivity contribution in [2.24, 2.45) is 0 Å². The van der Waals surface area contributed by atoms with Crippen LogP contribution in [0.2, 0.25) is 0 Å². The summed E-state index contributed by atoms with van der Waals surface area (Å²) in [5, 5.41) is 36.2. The number of hydrogen-bond donors (Lipinski definition) is 4. The molecule has 29 heavy (non-hydrogen) atoms. The third-order valence-electron chi connectivity index (χ3n) is 5.80. The molecule has 0 aliphatic heterocycles. The van der Waals surface area contributed by atoms with Crippen molar-refractivity contribution in [2.75, 3.05) is 6.61 Å². The molecule has 1 aliphatic rings. The van der Waals surface area contributed by atoms with Gasteiger partial charge in [-0.05, 0) is 61.6 Å². The number of H-pyrrole nitrogens is 1. The first-order chi connectivity index (χ1) is 14.0. The number of aliphatic hydroxyl groups excluding tert-OH is 2. The number of nitro groups is 1. The molecule has 0 spiro atoms. The molecule has 152 valence electrons. The summed E-state index contributed by atoms with van der Waals surface area (Å²) in [6.07, 6.45) is 1.96. The minimum absolute atomic E-state index is 0.00342. The van der Waals surface area contributed by atoms with Gasteiger partial charge in [0, 0.05) is 34.8 Å². The van der Waals surface area contributed by atoms with Crippen LogP contribution in [0.15, 0.2) is 42.5 Å². The van der Waals surface area contributed by atoms with E-state index in [0.717, 1.165) is 30.5 Å². The first-order valence-corrected chi connectivity index (χ1v) is 9.88. The Kier molecular flexibility index (Phi) is 5.36. The number of fused-ring (bicyclic) bond motifs is 3. The number of nitrogens with zero attached hydrogens (tertiary/aromatic N) is 1. The maximum absolute atomic E-state index is 10.8. The number of aromatic amines is 1. The second-order valence-electron chi connectivity index (χ2n) is 7.76. The van der Waals surface area contributed by atoms with Crippen LogP contribution in [-0.4, -0.2) is 32.8 Å². The fraction of sp³-hybridized carbons (Fsp3) is 0.364. The molecule has 4 N–H and O–H groups in total. The number of rotatable bonds is 6. The summed E-state index contributed by atoms with van der Waals surface area (Å²) in [4.78, 5) is 13.9. The van der Waals surface area contributed by atoms with Crippen LogP contribution in [0.3, 0.4) is 0 Å². The number of aryl methyl sites for hydroxylation is 2. The molecule has 0 fully saturated rings. The first kappa shape index (κ1) is 19.6. The minimum atomic E-state index is -0.974. The van der Waals surface area contributed by atoms with Gasteiger partial charge in [0.25, 0.3) is 5.69 Å². The fourth-order valence-corrected chi connectivity index (χ4v) is 4.27. The molecule has 1 aliphatic carbocycles. The summed E-state index contributed by atoms with van der Waals surface area (Å²) in [7, 11) is 0. The van der Waals surface area contributed by atoms with E-state index in [2.05, 4.69) is 35.4 Å². The molecule has 4 rings (SSSR count). The Morgan fingerprint density at radius 2 is 2.03 bits per heavy atom. The molecular weight excluding hydrogens is 370 g/mol. The molecular formula is C22H25N3O4. The lowest BCUT2D eigenvalue weighted by atomic mass is 9.90. The van der Waals surface area contributed by atoms with Crippen molar-refractivity contribution in [2.45, 2.75) is 44.4 Å². The second-order valence-corrected chi connectivity index (χ2v) is 7.76. The van der Waals surface area contributed by atoms with Gasteiger partial charge in [0.2, 0.25) is 0 Å². The number of non-ortho nitro benzene ring substituents is 1. The van der Waals surface area contributed by atoms with Crippen molar-refractivity contribution in [1.29, 1.82) is 0 Å². The number of nitro benzene ring substituents is 1. The van der Waals surface area contributed by atoms with Gasteiger partial charge < -0.3 is 20.5 Å². The summed E-state index contributed by atoms with van der Waals surface area (Å²) in [5.41, 5.74) is 5.24. The van der Waals surface area contributed by atoms with E-state index >= 15 is 0 Å². The monoisotopic (exact) mass is 395 g/mol. The fourth-order valence-electron chi connectivity index (χ4n) is 4.27. The zero-order chi connectivity index (χ0) is 20.5. The number of hydrogen-bond acceptors (Lipinski definition) is 5. The maximum atomic E-state index is 10.8. The van der Waals surface area contributed by atoms with E-state index in [0.29, 0.717) is 5.56 Å². The molecule has 1 aromatic heterocycles. The van der Waals surface area contributed by atoms with Crippen molar-refractivity contribution in [1.82, 2.24) is 10.3 Å². The van der Waals surface area contributed by atoms with Crippen LogP contribution in [0.25, 0.3) is 10.9 Å². The van der Waals surface area contributed by atoms with E-state index in [1.165, 1.54) is 40.8 Å². The highest BCUT2D eigenvalue weighted by molar-refractivity contribution is 5.85. The highest BCUT2D eigenvalue weighted by atomic mass is 16.6. The van der Waals surface area contributed by atoms with Gasteiger partial charge in [-0.1, -0.05) is 11.6 Å². The van der Waals surface area contributed by atoms with E-state index < -0.39 is 17.1 Å². The number of nitrogens with one attached hydrogen (secondary N) is 2. The number of benzene rings is 2. The molecule has 1 heterocycles. The third kappa shape index (κ3) is 3.76. The highest BCUT2D eigenvalue weighted by Gasteiger charge is 2.29. The summed E-state index contributed by atoms with van der Waals surface area (Å²) in [6, 6.07) is 11.6. The summed E-state index contributed by atoms with van der Waals surface area (Å²) >= 11 is 0. The predicted molar refractivity (Wildman–Crippen MR) is 111 cm³/mol. The Hall–Kier alpha value is -2.74. The zero-order valence-electron chi connectivity index (χ0n) is 16.3. The third-order valence-corrected chi connectivity index (χ3v) is 5.80. The maximum Gasteiger partial charge on any atom is 0.269 e. The van der Waals surface area contributed by atoms with E-state index in [1.54, 1.807) is 0 Å². The topological polar surface area (TPSA) is 111 Å². The molecule has 7 heteroatoms. The Balaban J connectivity index is 1.58. The van der Waals surface area contributed by atoms with Gasteiger partial charge in [-0.3, -0.25) is 10.1 Å². The summed E-state index contributed by atoms with van der Waals surface area (Å²) in [6.45, 7) is 1.84.